The van der Waals surface area contributed by atoms with E-state index in [9.17, 15) is 0 Å². The maximum Gasteiger partial charge on any atom is 0.120 e. The summed E-state index contributed by atoms with van der Waals surface area (Å²) in [7, 11) is 1.69. The SMILES string of the molecule is COc1cccc(NC2(CN)CSCC(C)(C)C2)c1. The van der Waals surface area contributed by atoms with E-state index in [2.05, 4.69) is 25.2 Å². The third-order valence-corrected chi connectivity index (χ3v) is 5.30. The monoisotopic (exact) mass is 280 g/mol. The molecule has 1 aromatic carbocycles. The first kappa shape index (κ1) is 14.5. The predicted molar refractivity (Wildman–Crippen MR) is 84.1 cm³/mol. The molecule has 4 heteroatoms. The highest BCUT2D eigenvalue weighted by Gasteiger charge is 2.39. The number of methoxy groups -OCH3 is 1. The number of anilines is 1. The van der Waals surface area contributed by atoms with E-state index in [0.717, 1.165) is 23.6 Å². The molecule has 0 bridgehead atoms. The highest BCUT2D eigenvalue weighted by atomic mass is 32.2. The van der Waals surface area contributed by atoms with Crippen molar-refractivity contribution in [3.05, 3.63) is 24.3 Å². The summed E-state index contributed by atoms with van der Waals surface area (Å²) < 4.78 is 5.28. The van der Waals surface area contributed by atoms with Crippen LogP contribution in [-0.2, 0) is 0 Å². The Morgan fingerprint density at radius 1 is 1.37 bits per heavy atom. The lowest BCUT2D eigenvalue weighted by Crippen LogP contribution is -2.53. The highest BCUT2D eigenvalue weighted by Crippen LogP contribution is 2.40. The molecular formula is C15H24N2OS. The Morgan fingerprint density at radius 3 is 2.79 bits per heavy atom. The fourth-order valence-corrected chi connectivity index (χ4v) is 4.25. The Bertz CT molecular complexity index is 436. The summed E-state index contributed by atoms with van der Waals surface area (Å²) in [5.41, 5.74) is 7.47. The summed E-state index contributed by atoms with van der Waals surface area (Å²) in [6, 6.07) is 8.07. The topological polar surface area (TPSA) is 47.3 Å². The highest BCUT2D eigenvalue weighted by molar-refractivity contribution is 7.99. The average Bonchev–Trinajstić information content (AvgIpc) is 2.38. The summed E-state index contributed by atoms with van der Waals surface area (Å²) in [4.78, 5) is 0. The molecule has 1 atom stereocenters. The first-order valence-corrected chi connectivity index (χ1v) is 7.84. The van der Waals surface area contributed by atoms with E-state index in [0.29, 0.717) is 12.0 Å². The van der Waals surface area contributed by atoms with E-state index in [1.165, 1.54) is 5.75 Å². The van der Waals surface area contributed by atoms with Crippen molar-refractivity contribution in [2.75, 3.05) is 30.5 Å². The van der Waals surface area contributed by atoms with Crippen molar-refractivity contribution < 1.29 is 4.74 Å². The van der Waals surface area contributed by atoms with E-state index in [1.807, 2.05) is 30.0 Å². The van der Waals surface area contributed by atoms with E-state index >= 15 is 0 Å². The van der Waals surface area contributed by atoms with Crippen LogP contribution >= 0.6 is 11.8 Å². The molecule has 1 saturated heterocycles. The van der Waals surface area contributed by atoms with Crippen LogP contribution in [0.2, 0.25) is 0 Å². The van der Waals surface area contributed by atoms with Crippen molar-refractivity contribution in [1.82, 2.24) is 0 Å². The fourth-order valence-electron chi connectivity index (χ4n) is 2.81. The van der Waals surface area contributed by atoms with Crippen molar-refractivity contribution >= 4 is 17.4 Å². The van der Waals surface area contributed by atoms with Gasteiger partial charge in [-0.3, -0.25) is 0 Å². The van der Waals surface area contributed by atoms with Crippen LogP contribution in [0.4, 0.5) is 5.69 Å². The van der Waals surface area contributed by atoms with Gasteiger partial charge < -0.3 is 15.8 Å². The zero-order valence-electron chi connectivity index (χ0n) is 12.0. The third-order valence-electron chi connectivity index (χ3n) is 3.56. The van der Waals surface area contributed by atoms with E-state index in [-0.39, 0.29) is 5.54 Å². The van der Waals surface area contributed by atoms with Gasteiger partial charge in [-0.1, -0.05) is 19.9 Å². The number of rotatable bonds is 4. The number of hydrogen-bond donors (Lipinski definition) is 2. The Morgan fingerprint density at radius 2 is 2.16 bits per heavy atom. The van der Waals surface area contributed by atoms with Gasteiger partial charge in [0.1, 0.15) is 5.75 Å². The standard InChI is InChI=1S/C15H24N2OS/c1-14(2)8-15(9-16,11-19-10-14)17-12-5-4-6-13(7-12)18-3/h4-7,17H,8-11,16H2,1-3H3. The molecule has 1 aliphatic rings. The van der Waals surface area contributed by atoms with Gasteiger partial charge in [0.25, 0.3) is 0 Å². The Hall–Kier alpha value is -0.870. The number of thioether (sulfide) groups is 1. The molecule has 0 radical (unpaired) electrons. The Balaban J connectivity index is 2.17. The molecule has 2 rings (SSSR count). The molecule has 1 fully saturated rings. The molecule has 1 heterocycles. The molecular weight excluding hydrogens is 256 g/mol. The van der Waals surface area contributed by atoms with Gasteiger partial charge in [0.2, 0.25) is 0 Å². The maximum atomic E-state index is 6.07. The summed E-state index contributed by atoms with van der Waals surface area (Å²) in [6.07, 6.45) is 1.10. The molecule has 1 aliphatic heterocycles. The zero-order valence-corrected chi connectivity index (χ0v) is 12.8. The summed E-state index contributed by atoms with van der Waals surface area (Å²) in [5.74, 6) is 3.14. The van der Waals surface area contributed by atoms with E-state index in [4.69, 9.17) is 10.5 Å². The van der Waals surface area contributed by atoms with Crippen molar-refractivity contribution in [3.63, 3.8) is 0 Å². The van der Waals surface area contributed by atoms with Crippen LogP contribution in [0.15, 0.2) is 24.3 Å². The first-order chi connectivity index (χ1) is 8.99. The van der Waals surface area contributed by atoms with Crippen LogP contribution in [0, 0.1) is 5.41 Å². The van der Waals surface area contributed by atoms with Gasteiger partial charge in [-0.05, 0) is 29.7 Å². The largest absolute Gasteiger partial charge is 0.497 e. The molecule has 0 saturated carbocycles. The van der Waals surface area contributed by atoms with Crippen LogP contribution in [0.3, 0.4) is 0 Å². The Labute approximate surface area is 120 Å². The summed E-state index contributed by atoms with van der Waals surface area (Å²) >= 11 is 1.99. The second kappa shape index (κ2) is 5.63. The van der Waals surface area contributed by atoms with Gasteiger partial charge in [-0.2, -0.15) is 11.8 Å². The summed E-state index contributed by atoms with van der Waals surface area (Å²) in [6.45, 7) is 5.29. The second-order valence-corrected chi connectivity index (χ2v) is 7.16. The van der Waals surface area contributed by atoms with Crippen molar-refractivity contribution in [1.29, 1.82) is 0 Å². The fraction of sp³-hybridized carbons (Fsp3) is 0.600. The van der Waals surface area contributed by atoms with Gasteiger partial charge in [0.15, 0.2) is 0 Å². The van der Waals surface area contributed by atoms with Crippen LogP contribution in [0.1, 0.15) is 20.3 Å². The Kier molecular flexibility index (Phi) is 4.31. The molecule has 106 valence electrons. The zero-order chi connectivity index (χ0) is 13.9. The lowest BCUT2D eigenvalue weighted by Gasteiger charge is -2.45. The van der Waals surface area contributed by atoms with Crippen molar-refractivity contribution in [2.45, 2.75) is 25.8 Å². The van der Waals surface area contributed by atoms with Gasteiger partial charge in [-0.25, -0.2) is 0 Å². The second-order valence-electron chi connectivity index (χ2n) is 6.18. The van der Waals surface area contributed by atoms with Gasteiger partial charge in [0.05, 0.1) is 12.6 Å². The molecule has 0 spiro atoms. The van der Waals surface area contributed by atoms with Gasteiger partial charge in [0, 0.05) is 24.1 Å². The van der Waals surface area contributed by atoms with Crippen molar-refractivity contribution in [3.8, 4) is 5.75 Å². The molecule has 1 unspecified atom stereocenters. The third kappa shape index (κ3) is 3.57. The summed E-state index contributed by atoms with van der Waals surface area (Å²) in [5, 5.41) is 3.65. The molecule has 0 aromatic heterocycles. The minimum atomic E-state index is -0.0151. The number of nitrogens with one attached hydrogen (secondary N) is 1. The van der Waals surface area contributed by atoms with Crippen LogP contribution < -0.4 is 15.8 Å². The number of hydrogen-bond acceptors (Lipinski definition) is 4. The smallest absolute Gasteiger partial charge is 0.120 e. The lowest BCUT2D eigenvalue weighted by molar-refractivity contribution is 0.290. The van der Waals surface area contributed by atoms with Crippen molar-refractivity contribution in [2.24, 2.45) is 11.1 Å². The van der Waals surface area contributed by atoms with Crippen LogP contribution in [-0.4, -0.2) is 30.7 Å². The molecule has 3 nitrogen and oxygen atoms in total. The molecule has 1 aromatic rings. The minimum Gasteiger partial charge on any atom is -0.497 e. The van der Waals surface area contributed by atoms with Crippen LogP contribution in [0.25, 0.3) is 0 Å². The number of benzene rings is 1. The molecule has 19 heavy (non-hydrogen) atoms. The lowest BCUT2D eigenvalue weighted by atomic mass is 9.79. The minimum absolute atomic E-state index is 0.0151. The predicted octanol–water partition coefficient (Wildman–Crippen LogP) is 2.97. The van der Waals surface area contributed by atoms with Gasteiger partial charge >= 0.3 is 0 Å². The van der Waals surface area contributed by atoms with Crippen LogP contribution in [0.5, 0.6) is 5.75 Å². The molecule has 3 N–H and O–H groups in total. The molecule has 0 aliphatic carbocycles. The number of nitrogens with two attached hydrogens (primary N) is 1. The van der Waals surface area contributed by atoms with E-state index < -0.39 is 0 Å². The average molecular weight is 280 g/mol. The normalized spacial score (nSPS) is 25.9. The maximum absolute atomic E-state index is 6.07. The first-order valence-electron chi connectivity index (χ1n) is 6.69. The van der Waals surface area contributed by atoms with E-state index in [1.54, 1.807) is 7.11 Å². The quantitative estimate of drug-likeness (QED) is 0.890. The molecule has 0 amide bonds. The number of ether oxygens (including phenoxy) is 1. The van der Waals surface area contributed by atoms with Gasteiger partial charge in [-0.15, -0.1) is 0 Å².